The molecule has 1 aliphatic rings. The van der Waals surface area contributed by atoms with Crippen LogP contribution >= 0.6 is 11.8 Å². The third-order valence-corrected chi connectivity index (χ3v) is 5.14. The monoisotopic (exact) mass is 416 g/mol. The van der Waals surface area contributed by atoms with Crippen molar-refractivity contribution in [2.24, 2.45) is 0 Å². The number of aromatic nitrogens is 2. The minimum absolute atomic E-state index is 0.00250. The minimum atomic E-state index is -0.512. The Hall–Kier alpha value is -3.14. The second-order valence-corrected chi connectivity index (χ2v) is 7.43. The third kappa shape index (κ3) is 5.02. The number of amides is 2. The molecule has 1 aromatic carbocycles. The van der Waals surface area contributed by atoms with Crippen LogP contribution < -0.4 is 15.8 Å². The lowest BCUT2D eigenvalue weighted by molar-refractivity contribution is -0.139. The van der Waals surface area contributed by atoms with E-state index in [1.807, 2.05) is 0 Å². The normalized spacial score (nSPS) is 15.9. The number of thioether (sulfide) groups is 1. The number of carbonyl (C=O) groups excluding carboxylic acids is 3. The van der Waals surface area contributed by atoms with Crippen LogP contribution in [-0.4, -0.2) is 46.7 Å². The molecule has 2 heterocycles. The maximum atomic E-state index is 13.0. The molecule has 2 amide bonds. The first-order valence-corrected chi connectivity index (χ1v) is 9.86. The number of hydrogen-bond acceptors (Lipinski definition) is 7. The van der Waals surface area contributed by atoms with Gasteiger partial charge in [-0.3, -0.25) is 19.2 Å². The van der Waals surface area contributed by atoms with E-state index in [1.54, 1.807) is 36.1 Å². The van der Waals surface area contributed by atoms with Crippen molar-refractivity contribution >= 4 is 40.9 Å². The highest BCUT2D eigenvalue weighted by molar-refractivity contribution is 7.99. The highest BCUT2D eigenvalue weighted by Gasteiger charge is 2.29. The van der Waals surface area contributed by atoms with Gasteiger partial charge in [0.1, 0.15) is 0 Å². The van der Waals surface area contributed by atoms with Gasteiger partial charge in [-0.15, -0.1) is 0 Å². The van der Waals surface area contributed by atoms with Gasteiger partial charge in [-0.2, -0.15) is 0 Å². The first kappa shape index (κ1) is 20.6. The van der Waals surface area contributed by atoms with Crippen molar-refractivity contribution in [3.05, 3.63) is 46.4 Å². The molecule has 10 heteroatoms. The van der Waals surface area contributed by atoms with Crippen molar-refractivity contribution in [1.82, 2.24) is 9.97 Å². The molecule has 0 unspecified atom stereocenters. The zero-order valence-electron chi connectivity index (χ0n) is 15.9. The van der Waals surface area contributed by atoms with Gasteiger partial charge in [0.05, 0.1) is 36.4 Å². The van der Waals surface area contributed by atoms with E-state index in [9.17, 15) is 19.2 Å². The van der Waals surface area contributed by atoms with E-state index in [1.165, 1.54) is 13.2 Å². The van der Waals surface area contributed by atoms with E-state index in [4.69, 9.17) is 0 Å². The average molecular weight is 416 g/mol. The fourth-order valence-corrected chi connectivity index (χ4v) is 3.78. The van der Waals surface area contributed by atoms with Gasteiger partial charge in [-0.25, -0.2) is 4.98 Å². The number of benzene rings is 1. The maximum Gasteiger partial charge on any atom is 0.311 e. The summed E-state index contributed by atoms with van der Waals surface area (Å²) in [6.45, 7) is 1.81. The van der Waals surface area contributed by atoms with Crippen molar-refractivity contribution in [3.63, 3.8) is 0 Å². The Morgan fingerprint density at radius 3 is 2.83 bits per heavy atom. The van der Waals surface area contributed by atoms with Gasteiger partial charge in [0.15, 0.2) is 5.16 Å². The number of esters is 1. The van der Waals surface area contributed by atoms with Gasteiger partial charge in [0, 0.05) is 18.5 Å². The Bertz CT molecular complexity index is 1010. The van der Waals surface area contributed by atoms with Gasteiger partial charge in [-0.1, -0.05) is 23.9 Å². The molecule has 3 rings (SSSR count). The molecular weight excluding hydrogens is 396 g/mol. The predicted octanol–water partition coefficient (Wildman–Crippen LogP) is 1.34. The summed E-state index contributed by atoms with van der Waals surface area (Å²) in [5, 5.41) is 3.04. The molecule has 29 heavy (non-hydrogen) atoms. The molecule has 0 bridgehead atoms. The van der Waals surface area contributed by atoms with Gasteiger partial charge in [-0.05, 0) is 19.1 Å². The lowest BCUT2D eigenvalue weighted by Crippen LogP contribution is -2.40. The number of nitrogens with one attached hydrogen (secondary N) is 2. The SMILES string of the molecule is COC(=O)Cc1cc(=O)[nH]c(SCC(=O)N2c3ccccc3NC(=O)C[C@H]2C)n1. The van der Waals surface area contributed by atoms with Crippen LogP contribution in [0.4, 0.5) is 11.4 Å². The number of fused-ring (bicyclic) bond motifs is 1. The number of ether oxygens (including phenoxy) is 1. The number of H-pyrrole nitrogens is 1. The topological polar surface area (TPSA) is 121 Å². The van der Waals surface area contributed by atoms with Gasteiger partial charge >= 0.3 is 5.97 Å². The molecule has 9 nitrogen and oxygen atoms in total. The summed E-state index contributed by atoms with van der Waals surface area (Å²) in [4.78, 5) is 56.6. The van der Waals surface area contributed by atoms with E-state index in [-0.39, 0.29) is 47.3 Å². The van der Waals surface area contributed by atoms with Crippen LogP contribution in [0.25, 0.3) is 0 Å². The van der Waals surface area contributed by atoms with E-state index < -0.39 is 11.5 Å². The Labute approximate surface area is 170 Å². The van der Waals surface area contributed by atoms with Crippen molar-refractivity contribution in [1.29, 1.82) is 0 Å². The summed E-state index contributed by atoms with van der Waals surface area (Å²) in [5.41, 5.74) is 1.04. The molecule has 0 spiro atoms. The average Bonchev–Trinajstić information content (AvgIpc) is 2.79. The number of aromatic amines is 1. The van der Waals surface area contributed by atoms with Crippen LogP contribution in [0.3, 0.4) is 0 Å². The zero-order valence-corrected chi connectivity index (χ0v) is 16.7. The number of methoxy groups -OCH3 is 1. The molecule has 1 atom stereocenters. The number of anilines is 2. The summed E-state index contributed by atoms with van der Waals surface area (Å²) in [5.74, 6) is -0.901. The van der Waals surface area contributed by atoms with Crippen molar-refractivity contribution < 1.29 is 19.1 Å². The van der Waals surface area contributed by atoms with Crippen LogP contribution in [0.1, 0.15) is 19.0 Å². The molecule has 152 valence electrons. The van der Waals surface area contributed by atoms with E-state index in [2.05, 4.69) is 20.0 Å². The van der Waals surface area contributed by atoms with Crippen molar-refractivity contribution in [3.8, 4) is 0 Å². The van der Waals surface area contributed by atoms with Crippen LogP contribution in [0.5, 0.6) is 0 Å². The zero-order chi connectivity index (χ0) is 21.0. The summed E-state index contributed by atoms with van der Waals surface area (Å²) in [7, 11) is 1.25. The minimum Gasteiger partial charge on any atom is -0.469 e. The van der Waals surface area contributed by atoms with Crippen LogP contribution in [0.15, 0.2) is 40.3 Å². The lowest BCUT2D eigenvalue weighted by Gasteiger charge is -2.27. The second kappa shape index (κ2) is 8.91. The Kier molecular flexibility index (Phi) is 6.32. The number of para-hydroxylation sites is 2. The fourth-order valence-electron chi connectivity index (χ4n) is 3.03. The molecule has 0 radical (unpaired) electrons. The fraction of sp³-hybridized carbons (Fsp3) is 0.316. The summed E-state index contributed by atoms with van der Waals surface area (Å²) >= 11 is 1.05. The molecular formula is C19H20N4O5S. The number of hydrogen-bond donors (Lipinski definition) is 2. The van der Waals surface area contributed by atoms with Gasteiger partial charge < -0.3 is 19.9 Å². The smallest absolute Gasteiger partial charge is 0.311 e. The summed E-state index contributed by atoms with van der Waals surface area (Å²) in [6.07, 6.45) is 0.0427. The van der Waals surface area contributed by atoms with E-state index >= 15 is 0 Å². The predicted molar refractivity (Wildman–Crippen MR) is 108 cm³/mol. The quantitative estimate of drug-likeness (QED) is 0.428. The number of nitrogens with zero attached hydrogens (tertiary/aromatic N) is 2. The number of rotatable bonds is 5. The molecule has 0 fully saturated rings. The summed E-state index contributed by atoms with van der Waals surface area (Å²) in [6, 6.07) is 7.99. The Morgan fingerprint density at radius 1 is 1.31 bits per heavy atom. The third-order valence-electron chi connectivity index (χ3n) is 4.29. The standard InChI is InChI=1S/C19H20N4O5S/c1-11-7-15(24)21-13-5-3-4-6-14(13)23(11)17(26)10-29-19-20-12(8-16(25)22-19)9-18(27)28-2/h3-6,8,11H,7,9-10H2,1-2H3,(H,21,24)(H,20,22,25)/t11-/m1/s1. The molecule has 1 aromatic heterocycles. The second-order valence-electron chi connectivity index (χ2n) is 6.47. The molecule has 0 aliphatic carbocycles. The molecule has 0 saturated carbocycles. The Morgan fingerprint density at radius 2 is 2.07 bits per heavy atom. The van der Waals surface area contributed by atoms with Crippen LogP contribution in [-0.2, 0) is 25.5 Å². The first-order valence-electron chi connectivity index (χ1n) is 8.88. The van der Waals surface area contributed by atoms with E-state index in [0.717, 1.165) is 11.8 Å². The lowest BCUT2D eigenvalue weighted by atomic mass is 10.2. The maximum absolute atomic E-state index is 13.0. The van der Waals surface area contributed by atoms with E-state index in [0.29, 0.717) is 11.4 Å². The van der Waals surface area contributed by atoms with Crippen LogP contribution in [0, 0.1) is 0 Å². The largest absolute Gasteiger partial charge is 0.469 e. The molecule has 2 aromatic rings. The van der Waals surface area contributed by atoms with Gasteiger partial charge in [0.2, 0.25) is 11.8 Å². The first-order chi connectivity index (χ1) is 13.9. The van der Waals surface area contributed by atoms with Crippen LogP contribution in [0.2, 0.25) is 0 Å². The Balaban J connectivity index is 1.78. The highest BCUT2D eigenvalue weighted by atomic mass is 32.2. The molecule has 1 aliphatic heterocycles. The summed E-state index contributed by atoms with van der Waals surface area (Å²) < 4.78 is 4.58. The number of carbonyl (C=O) groups is 3. The van der Waals surface area contributed by atoms with Crippen molar-refractivity contribution in [2.75, 3.05) is 23.1 Å². The van der Waals surface area contributed by atoms with Gasteiger partial charge in [0.25, 0.3) is 5.56 Å². The highest BCUT2D eigenvalue weighted by Crippen LogP contribution is 2.32. The molecule has 2 N–H and O–H groups in total. The molecule has 0 saturated heterocycles. The van der Waals surface area contributed by atoms with Crippen molar-refractivity contribution in [2.45, 2.75) is 31.0 Å².